The number of aryl methyl sites for hydroxylation is 1. The zero-order valence-electron chi connectivity index (χ0n) is 11.3. The summed E-state index contributed by atoms with van der Waals surface area (Å²) >= 11 is 3.51. The molecule has 0 aliphatic carbocycles. The number of morpholine rings is 1. The van der Waals surface area contributed by atoms with Gasteiger partial charge in [-0.3, -0.25) is 4.90 Å². The van der Waals surface area contributed by atoms with E-state index in [2.05, 4.69) is 42.8 Å². The van der Waals surface area contributed by atoms with Gasteiger partial charge in [0.05, 0.1) is 18.9 Å². The van der Waals surface area contributed by atoms with Gasteiger partial charge in [-0.1, -0.05) is 0 Å². The number of rotatable bonds is 2. The molecule has 19 heavy (non-hydrogen) atoms. The monoisotopic (exact) mass is 325 g/mol. The van der Waals surface area contributed by atoms with E-state index >= 15 is 0 Å². The molecule has 1 unspecified atom stereocenters. The number of hydrogen-bond acceptors (Lipinski definition) is 4. The summed E-state index contributed by atoms with van der Waals surface area (Å²) in [5.74, 6) is 1.11. The number of aromatic nitrogens is 1. The number of halogens is 1. The first-order chi connectivity index (χ1) is 9.24. The molecule has 0 bridgehead atoms. The van der Waals surface area contributed by atoms with Crippen molar-refractivity contribution in [3.05, 3.63) is 22.3 Å². The van der Waals surface area contributed by atoms with Crippen LogP contribution in [0.4, 0.5) is 5.82 Å². The normalized spacial score (nSPS) is 24.9. The Labute approximate surface area is 122 Å². The Morgan fingerprint density at radius 2 is 2.05 bits per heavy atom. The molecule has 5 heteroatoms. The summed E-state index contributed by atoms with van der Waals surface area (Å²) in [4.78, 5) is 9.64. The van der Waals surface area contributed by atoms with E-state index < -0.39 is 0 Å². The maximum absolute atomic E-state index is 5.43. The third-order valence-electron chi connectivity index (χ3n) is 4.06. The van der Waals surface area contributed by atoms with Crippen molar-refractivity contribution in [1.82, 2.24) is 9.88 Å². The van der Waals surface area contributed by atoms with Crippen LogP contribution in [0.1, 0.15) is 12.1 Å². The molecule has 0 saturated carbocycles. The molecule has 2 aliphatic heterocycles. The lowest BCUT2D eigenvalue weighted by Crippen LogP contribution is -2.44. The average Bonchev–Trinajstić information content (AvgIpc) is 2.93. The number of nitrogens with zero attached hydrogens (tertiary/aromatic N) is 3. The van der Waals surface area contributed by atoms with Crippen LogP contribution in [0.3, 0.4) is 0 Å². The largest absolute Gasteiger partial charge is 0.379 e. The molecule has 0 spiro atoms. The van der Waals surface area contributed by atoms with Gasteiger partial charge < -0.3 is 9.64 Å². The minimum absolute atomic E-state index is 0.662. The van der Waals surface area contributed by atoms with Gasteiger partial charge in [0.1, 0.15) is 5.82 Å². The van der Waals surface area contributed by atoms with Crippen molar-refractivity contribution in [3.8, 4) is 0 Å². The molecule has 3 rings (SSSR count). The van der Waals surface area contributed by atoms with Gasteiger partial charge in [-0.15, -0.1) is 0 Å². The molecule has 2 fully saturated rings. The first kappa shape index (κ1) is 13.3. The van der Waals surface area contributed by atoms with E-state index in [-0.39, 0.29) is 0 Å². The van der Waals surface area contributed by atoms with Gasteiger partial charge >= 0.3 is 0 Å². The molecule has 104 valence electrons. The van der Waals surface area contributed by atoms with Crippen LogP contribution in [0.15, 0.2) is 16.6 Å². The van der Waals surface area contributed by atoms with Gasteiger partial charge in [0, 0.05) is 36.7 Å². The van der Waals surface area contributed by atoms with E-state index in [4.69, 9.17) is 4.74 Å². The third-order valence-corrected chi connectivity index (χ3v) is 4.89. The van der Waals surface area contributed by atoms with Crippen molar-refractivity contribution in [2.24, 2.45) is 0 Å². The standard InChI is InChI=1S/C14H20BrN3O/c1-11-13(15)2-3-14(16-11)18-5-4-12(10-18)17-6-8-19-9-7-17/h2-3,12H,4-10H2,1H3. The summed E-state index contributed by atoms with van der Waals surface area (Å²) in [6.45, 7) is 8.15. The maximum atomic E-state index is 5.43. The SMILES string of the molecule is Cc1nc(N2CCC(N3CCOCC3)C2)ccc1Br. The lowest BCUT2D eigenvalue weighted by Gasteiger charge is -2.32. The topological polar surface area (TPSA) is 28.6 Å². The highest BCUT2D eigenvalue weighted by molar-refractivity contribution is 9.10. The second-order valence-electron chi connectivity index (χ2n) is 5.27. The van der Waals surface area contributed by atoms with Gasteiger partial charge in [0.15, 0.2) is 0 Å². The fourth-order valence-corrected chi connectivity index (χ4v) is 3.12. The lowest BCUT2D eigenvalue weighted by atomic mass is 10.2. The lowest BCUT2D eigenvalue weighted by molar-refractivity contribution is 0.0209. The molecular weight excluding hydrogens is 306 g/mol. The van der Waals surface area contributed by atoms with Gasteiger partial charge in [-0.2, -0.15) is 0 Å². The molecule has 0 radical (unpaired) electrons. The fourth-order valence-electron chi connectivity index (χ4n) is 2.90. The zero-order valence-corrected chi connectivity index (χ0v) is 12.9. The van der Waals surface area contributed by atoms with Crippen LogP contribution < -0.4 is 4.90 Å². The van der Waals surface area contributed by atoms with Gasteiger partial charge in [-0.25, -0.2) is 4.98 Å². The van der Waals surface area contributed by atoms with E-state index in [9.17, 15) is 0 Å². The van der Waals surface area contributed by atoms with Crippen LogP contribution in [0.2, 0.25) is 0 Å². The Kier molecular flexibility index (Phi) is 4.05. The molecule has 3 heterocycles. The van der Waals surface area contributed by atoms with E-state index in [1.165, 1.54) is 6.42 Å². The van der Waals surface area contributed by atoms with Crippen molar-refractivity contribution in [2.75, 3.05) is 44.3 Å². The number of ether oxygens (including phenoxy) is 1. The predicted molar refractivity (Wildman–Crippen MR) is 79.7 cm³/mol. The molecule has 2 aliphatic rings. The third kappa shape index (κ3) is 2.93. The Balaban J connectivity index is 1.66. The molecule has 2 saturated heterocycles. The summed E-state index contributed by atoms with van der Waals surface area (Å²) in [7, 11) is 0. The first-order valence-corrected chi connectivity index (χ1v) is 7.73. The molecule has 1 atom stereocenters. The Morgan fingerprint density at radius 1 is 1.26 bits per heavy atom. The molecule has 0 amide bonds. The summed E-state index contributed by atoms with van der Waals surface area (Å²) < 4.78 is 6.51. The Hall–Kier alpha value is -0.650. The summed E-state index contributed by atoms with van der Waals surface area (Å²) in [6, 6.07) is 4.87. The van der Waals surface area contributed by atoms with Crippen LogP contribution in [0.5, 0.6) is 0 Å². The molecule has 1 aromatic rings. The van der Waals surface area contributed by atoms with Gasteiger partial charge in [0.2, 0.25) is 0 Å². The second-order valence-corrected chi connectivity index (χ2v) is 6.13. The molecular formula is C14H20BrN3O. The van der Waals surface area contributed by atoms with Crippen molar-refractivity contribution in [3.63, 3.8) is 0 Å². The second kappa shape index (κ2) is 5.77. The smallest absolute Gasteiger partial charge is 0.128 e. The fraction of sp³-hybridized carbons (Fsp3) is 0.643. The van der Waals surface area contributed by atoms with E-state index in [1.54, 1.807) is 0 Å². The highest BCUT2D eigenvalue weighted by atomic mass is 79.9. The highest BCUT2D eigenvalue weighted by Gasteiger charge is 2.29. The van der Waals surface area contributed by atoms with E-state index in [0.717, 1.165) is 55.4 Å². The van der Waals surface area contributed by atoms with Crippen LogP contribution >= 0.6 is 15.9 Å². The van der Waals surface area contributed by atoms with Crippen LogP contribution in [0, 0.1) is 6.92 Å². The van der Waals surface area contributed by atoms with Crippen LogP contribution in [-0.2, 0) is 4.74 Å². The average molecular weight is 326 g/mol. The number of anilines is 1. The minimum Gasteiger partial charge on any atom is -0.379 e. The van der Waals surface area contributed by atoms with Crippen molar-refractivity contribution in [1.29, 1.82) is 0 Å². The predicted octanol–water partition coefficient (Wildman–Crippen LogP) is 2.06. The summed E-state index contributed by atoms with van der Waals surface area (Å²) in [5, 5.41) is 0. The first-order valence-electron chi connectivity index (χ1n) is 6.94. The maximum Gasteiger partial charge on any atom is 0.128 e. The molecule has 0 aromatic carbocycles. The van der Waals surface area contributed by atoms with Crippen LogP contribution in [0.25, 0.3) is 0 Å². The Bertz CT molecular complexity index is 448. The summed E-state index contributed by atoms with van der Waals surface area (Å²) in [5.41, 5.74) is 1.06. The van der Waals surface area contributed by atoms with Crippen molar-refractivity contribution in [2.45, 2.75) is 19.4 Å². The molecule has 0 N–H and O–H groups in total. The quantitative estimate of drug-likeness (QED) is 0.832. The Morgan fingerprint density at radius 3 is 2.79 bits per heavy atom. The van der Waals surface area contributed by atoms with Crippen LogP contribution in [-0.4, -0.2) is 55.3 Å². The van der Waals surface area contributed by atoms with E-state index in [1.807, 2.05) is 6.92 Å². The van der Waals surface area contributed by atoms with E-state index in [0.29, 0.717) is 6.04 Å². The van der Waals surface area contributed by atoms with Gasteiger partial charge in [-0.05, 0) is 41.4 Å². The number of hydrogen-bond donors (Lipinski definition) is 0. The minimum atomic E-state index is 0.662. The summed E-state index contributed by atoms with van der Waals surface area (Å²) in [6.07, 6.45) is 1.23. The zero-order chi connectivity index (χ0) is 13.2. The molecule has 1 aromatic heterocycles. The molecule has 4 nitrogen and oxygen atoms in total. The van der Waals surface area contributed by atoms with Gasteiger partial charge in [0.25, 0.3) is 0 Å². The van der Waals surface area contributed by atoms with Crippen molar-refractivity contribution >= 4 is 21.7 Å². The number of pyridine rings is 1. The highest BCUT2D eigenvalue weighted by Crippen LogP contribution is 2.24. The van der Waals surface area contributed by atoms with Crippen molar-refractivity contribution < 1.29 is 4.74 Å².